The molecule has 1 saturated carbocycles. The zero-order chi connectivity index (χ0) is 25.3. The molecule has 0 bridgehead atoms. The van der Waals surface area contributed by atoms with Gasteiger partial charge in [-0.3, -0.25) is 9.88 Å². The van der Waals surface area contributed by atoms with Gasteiger partial charge in [0.25, 0.3) is 0 Å². The first kappa shape index (κ1) is 24.4. The third-order valence-corrected chi connectivity index (χ3v) is 7.67. The molecule has 10 nitrogen and oxygen atoms in total. The number of nitrogens with one attached hydrogen (secondary N) is 3. The van der Waals surface area contributed by atoms with E-state index in [1.165, 1.54) is 6.20 Å². The van der Waals surface area contributed by atoms with Gasteiger partial charge in [-0.2, -0.15) is 0 Å². The van der Waals surface area contributed by atoms with E-state index in [0.717, 1.165) is 24.7 Å². The number of anilines is 1. The topological polar surface area (TPSA) is 125 Å². The number of hydrogen-bond donors (Lipinski definition) is 3. The van der Waals surface area contributed by atoms with Crippen LogP contribution in [0.25, 0.3) is 5.70 Å². The van der Waals surface area contributed by atoms with Gasteiger partial charge in [-0.15, -0.1) is 0 Å². The number of pyridine rings is 1. The summed E-state index contributed by atoms with van der Waals surface area (Å²) >= 11 is 0. The van der Waals surface area contributed by atoms with E-state index < -0.39 is 15.5 Å². The molecule has 0 radical (unpaired) electrons. The SMILES string of the molecule is CC1COCCN1[C@]1(c2ccc(NC(=O)NC3CC3)cc2)C=C(c2cncc(S(C)(=O)=O)c2)N=CN1. The molecule has 1 aliphatic carbocycles. The van der Waals surface area contributed by atoms with Crippen LogP contribution in [-0.4, -0.2) is 68.8 Å². The fourth-order valence-corrected chi connectivity index (χ4v) is 5.13. The first-order valence-corrected chi connectivity index (χ1v) is 13.8. The van der Waals surface area contributed by atoms with Crippen LogP contribution in [0, 0.1) is 0 Å². The lowest BCUT2D eigenvalue weighted by molar-refractivity contribution is -0.0507. The van der Waals surface area contributed by atoms with Gasteiger partial charge >= 0.3 is 6.03 Å². The van der Waals surface area contributed by atoms with Gasteiger partial charge in [0.1, 0.15) is 5.66 Å². The molecular formula is C25H30N6O4S. The number of morpholine rings is 1. The van der Waals surface area contributed by atoms with Crippen LogP contribution in [-0.2, 0) is 20.2 Å². The highest BCUT2D eigenvalue weighted by Gasteiger charge is 2.42. The van der Waals surface area contributed by atoms with E-state index >= 15 is 0 Å². The Morgan fingerprint density at radius 3 is 2.69 bits per heavy atom. The van der Waals surface area contributed by atoms with Crippen LogP contribution in [0.1, 0.15) is 30.9 Å². The van der Waals surface area contributed by atoms with Gasteiger partial charge < -0.3 is 20.7 Å². The average Bonchev–Trinajstić information content (AvgIpc) is 3.68. The second kappa shape index (κ2) is 9.64. The molecule has 2 aromatic rings. The number of hydrogen-bond acceptors (Lipinski definition) is 8. The summed E-state index contributed by atoms with van der Waals surface area (Å²) in [6.45, 7) is 3.94. The number of aliphatic imine (C=N–C) groups is 1. The Kier molecular flexibility index (Phi) is 6.54. The summed E-state index contributed by atoms with van der Waals surface area (Å²) in [4.78, 5) is 23.3. The highest BCUT2D eigenvalue weighted by Crippen LogP contribution is 2.36. The summed E-state index contributed by atoms with van der Waals surface area (Å²) in [5.74, 6) is 0. The van der Waals surface area contributed by atoms with Crippen molar-refractivity contribution in [2.24, 2.45) is 4.99 Å². The van der Waals surface area contributed by atoms with Crippen LogP contribution in [0.15, 0.2) is 58.7 Å². The maximum atomic E-state index is 12.2. The maximum Gasteiger partial charge on any atom is 0.319 e. The highest BCUT2D eigenvalue weighted by molar-refractivity contribution is 7.90. The second-order valence-electron chi connectivity index (χ2n) is 9.45. The summed E-state index contributed by atoms with van der Waals surface area (Å²) in [6.07, 6.45) is 9.80. The molecule has 1 saturated heterocycles. The van der Waals surface area contributed by atoms with Crippen molar-refractivity contribution in [1.29, 1.82) is 0 Å². The lowest BCUT2D eigenvalue weighted by atomic mass is 9.91. The van der Waals surface area contributed by atoms with Gasteiger partial charge in [0, 0.05) is 48.5 Å². The van der Waals surface area contributed by atoms with Crippen LogP contribution < -0.4 is 16.0 Å². The van der Waals surface area contributed by atoms with Gasteiger partial charge in [0.2, 0.25) is 0 Å². The van der Waals surface area contributed by atoms with Gasteiger partial charge in [-0.05, 0) is 49.6 Å². The molecule has 3 aliphatic rings. The molecule has 2 aliphatic heterocycles. The molecular weight excluding hydrogens is 480 g/mol. The average molecular weight is 511 g/mol. The summed E-state index contributed by atoms with van der Waals surface area (Å²) in [5, 5.41) is 9.26. The van der Waals surface area contributed by atoms with Crippen molar-refractivity contribution >= 4 is 33.6 Å². The van der Waals surface area contributed by atoms with Crippen molar-refractivity contribution in [3.8, 4) is 0 Å². The minimum Gasteiger partial charge on any atom is -0.379 e. The normalized spacial score (nSPS) is 24.5. The zero-order valence-corrected chi connectivity index (χ0v) is 21.1. The first-order valence-electron chi connectivity index (χ1n) is 12.0. The van der Waals surface area contributed by atoms with Crippen LogP contribution in [0.5, 0.6) is 0 Å². The van der Waals surface area contributed by atoms with E-state index in [4.69, 9.17) is 4.74 Å². The standard InChI is InChI=1S/C25H30N6O4S/c1-17-15-35-10-9-31(17)25(19-3-5-20(6-4-19)29-24(32)30-21-7-8-21)12-23(27-16-28-25)18-11-22(14-26-13-18)36(2,33)34/h3-6,11-14,16-17,21H,7-10,15H2,1-2H3,(H,27,28)(H2,29,30,32)/t17?,25-/m0/s1. The van der Waals surface area contributed by atoms with E-state index in [0.29, 0.717) is 36.7 Å². The zero-order valence-electron chi connectivity index (χ0n) is 20.3. The Balaban J connectivity index is 1.52. The van der Waals surface area contributed by atoms with E-state index in [1.807, 2.05) is 30.3 Å². The molecule has 190 valence electrons. The second-order valence-corrected chi connectivity index (χ2v) is 11.5. The Morgan fingerprint density at radius 1 is 1.22 bits per heavy atom. The van der Waals surface area contributed by atoms with E-state index in [2.05, 4.69) is 37.8 Å². The monoisotopic (exact) mass is 510 g/mol. The number of carbonyl (C=O) groups is 1. The number of ether oxygens (including phenoxy) is 1. The number of amides is 2. The Hall–Kier alpha value is -3.28. The number of urea groups is 1. The predicted molar refractivity (Wildman–Crippen MR) is 137 cm³/mol. The molecule has 1 aromatic carbocycles. The predicted octanol–water partition coefficient (Wildman–Crippen LogP) is 2.32. The Bertz CT molecular complexity index is 1310. The molecule has 11 heteroatoms. The van der Waals surface area contributed by atoms with Gasteiger partial charge in [-0.1, -0.05) is 12.1 Å². The Labute approximate surface area is 210 Å². The fraction of sp³-hybridized carbons (Fsp3) is 0.400. The van der Waals surface area contributed by atoms with E-state index in [-0.39, 0.29) is 23.0 Å². The van der Waals surface area contributed by atoms with Crippen molar-refractivity contribution in [3.63, 3.8) is 0 Å². The Morgan fingerprint density at radius 2 is 2.00 bits per heavy atom. The van der Waals surface area contributed by atoms with Crippen LogP contribution in [0.2, 0.25) is 0 Å². The van der Waals surface area contributed by atoms with Crippen LogP contribution >= 0.6 is 0 Å². The minimum atomic E-state index is -3.42. The highest BCUT2D eigenvalue weighted by atomic mass is 32.2. The van der Waals surface area contributed by atoms with Crippen LogP contribution in [0.3, 0.4) is 0 Å². The quantitative estimate of drug-likeness (QED) is 0.545. The van der Waals surface area contributed by atoms with Gasteiger partial charge in [0.15, 0.2) is 9.84 Å². The van der Waals surface area contributed by atoms with Gasteiger partial charge in [0.05, 0.1) is 30.1 Å². The number of nitrogens with zero attached hydrogens (tertiary/aromatic N) is 3. The molecule has 3 heterocycles. The van der Waals surface area contributed by atoms with Crippen molar-refractivity contribution in [1.82, 2.24) is 20.5 Å². The van der Waals surface area contributed by atoms with Crippen molar-refractivity contribution < 1.29 is 17.9 Å². The molecule has 1 unspecified atom stereocenters. The largest absolute Gasteiger partial charge is 0.379 e. The number of sulfone groups is 1. The maximum absolute atomic E-state index is 12.2. The lowest BCUT2D eigenvalue weighted by Crippen LogP contribution is -2.62. The molecule has 1 aromatic heterocycles. The summed E-state index contributed by atoms with van der Waals surface area (Å²) < 4.78 is 29.9. The summed E-state index contributed by atoms with van der Waals surface area (Å²) in [6, 6.07) is 9.46. The number of rotatable bonds is 6. The molecule has 5 rings (SSSR count). The van der Waals surface area contributed by atoms with E-state index in [1.54, 1.807) is 18.6 Å². The van der Waals surface area contributed by atoms with Crippen molar-refractivity contribution in [2.75, 3.05) is 31.3 Å². The summed E-state index contributed by atoms with van der Waals surface area (Å²) in [7, 11) is -3.42. The minimum absolute atomic E-state index is 0.0952. The molecule has 2 fully saturated rings. The molecule has 3 N–H and O–H groups in total. The third kappa shape index (κ3) is 5.13. The molecule has 2 atom stereocenters. The summed E-state index contributed by atoms with van der Waals surface area (Å²) in [5.41, 5.74) is 2.09. The molecule has 2 amide bonds. The van der Waals surface area contributed by atoms with Gasteiger partial charge in [-0.25, -0.2) is 18.2 Å². The number of aromatic nitrogens is 1. The van der Waals surface area contributed by atoms with E-state index in [9.17, 15) is 13.2 Å². The molecule has 0 spiro atoms. The van der Waals surface area contributed by atoms with Crippen LogP contribution in [0.4, 0.5) is 10.5 Å². The molecule has 36 heavy (non-hydrogen) atoms. The van der Waals surface area contributed by atoms with Crippen molar-refractivity contribution in [2.45, 2.75) is 42.4 Å². The van der Waals surface area contributed by atoms with Crippen molar-refractivity contribution in [3.05, 3.63) is 59.9 Å². The number of carbonyl (C=O) groups excluding carboxylic acids is 1. The smallest absolute Gasteiger partial charge is 0.319 e. The third-order valence-electron chi connectivity index (χ3n) is 6.59. The fourth-order valence-electron chi connectivity index (χ4n) is 4.53. The lowest BCUT2D eigenvalue weighted by Gasteiger charge is -2.48. The number of benzene rings is 1. The first-order chi connectivity index (χ1) is 17.2.